The first-order valence-corrected chi connectivity index (χ1v) is 18.6. The highest BCUT2D eigenvalue weighted by atomic mass is 16.3. The molecule has 12 rings (SSSR count). The van der Waals surface area contributed by atoms with Crippen molar-refractivity contribution in [1.29, 1.82) is 0 Å². The van der Waals surface area contributed by atoms with Crippen molar-refractivity contribution in [2.75, 3.05) is 4.90 Å². The Bertz CT molecular complexity index is 3040. The van der Waals surface area contributed by atoms with Gasteiger partial charge in [-0.25, -0.2) is 0 Å². The molecule has 2 nitrogen and oxygen atoms in total. The normalized spacial score (nSPS) is 17.8. The molecular formula is C50H35NO. The molecule has 0 spiro atoms. The largest absolute Gasteiger partial charge is 0.455 e. The SMILES string of the molecule is CC1(C)c2ccc(N(c3ccc4c5c(c6ccccc6c4c3)C=CC3CC53)c3cccc4ccccc34)cc2-c2c1ccc1c2oc2ccccc21. The number of anilines is 3. The van der Waals surface area contributed by atoms with E-state index >= 15 is 0 Å². The van der Waals surface area contributed by atoms with Gasteiger partial charge in [0.2, 0.25) is 0 Å². The maximum atomic E-state index is 6.70. The topological polar surface area (TPSA) is 16.4 Å². The summed E-state index contributed by atoms with van der Waals surface area (Å²) in [7, 11) is 0. The van der Waals surface area contributed by atoms with Crippen molar-refractivity contribution in [2.24, 2.45) is 5.92 Å². The molecule has 0 aliphatic heterocycles. The summed E-state index contributed by atoms with van der Waals surface area (Å²) < 4.78 is 6.70. The van der Waals surface area contributed by atoms with E-state index in [0.717, 1.165) is 22.5 Å². The van der Waals surface area contributed by atoms with Crippen molar-refractivity contribution >= 4 is 77.4 Å². The molecule has 1 heterocycles. The Morgan fingerprint density at radius 2 is 1.31 bits per heavy atom. The molecule has 246 valence electrons. The molecule has 9 aromatic rings. The summed E-state index contributed by atoms with van der Waals surface area (Å²) in [6.07, 6.45) is 6.09. The second-order valence-electron chi connectivity index (χ2n) is 15.6. The van der Waals surface area contributed by atoms with Crippen LogP contribution in [0.15, 0.2) is 150 Å². The quantitative estimate of drug-likeness (QED) is 0.175. The third-order valence-corrected chi connectivity index (χ3v) is 12.5. The summed E-state index contributed by atoms with van der Waals surface area (Å²) in [6.45, 7) is 4.70. The first-order valence-electron chi connectivity index (χ1n) is 18.6. The fourth-order valence-corrected chi connectivity index (χ4v) is 9.91. The molecule has 3 aliphatic rings. The first kappa shape index (κ1) is 28.6. The highest BCUT2D eigenvalue weighted by molar-refractivity contribution is 6.15. The Kier molecular flexibility index (Phi) is 5.50. The van der Waals surface area contributed by atoms with Gasteiger partial charge in [0.25, 0.3) is 0 Å². The average Bonchev–Trinajstić information content (AvgIpc) is 3.83. The van der Waals surface area contributed by atoms with Gasteiger partial charge < -0.3 is 9.32 Å². The lowest BCUT2D eigenvalue weighted by molar-refractivity contribution is 0.653. The van der Waals surface area contributed by atoms with Crippen LogP contribution in [-0.4, -0.2) is 0 Å². The molecule has 52 heavy (non-hydrogen) atoms. The Labute approximate surface area is 302 Å². The molecule has 3 aliphatic carbocycles. The predicted octanol–water partition coefficient (Wildman–Crippen LogP) is 14.0. The average molecular weight is 666 g/mol. The third kappa shape index (κ3) is 3.74. The van der Waals surface area contributed by atoms with E-state index in [9.17, 15) is 0 Å². The molecular weight excluding hydrogens is 631 g/mol. The number of rotatable bonds is 3. The Hall–Kier alpha value is -6.12. The minimum Gasteiger partial charge on any atom is -0.455 e. The minimum absolute atomic E-state index is 0.156. The fourth-order valence-electron chi connectivity index (χ4n) is 9.91. The van der Waals surface area contributed by atoms with Crippen molar-refractivity contribution in [2.45, 2.75) is 31.6 Å². The van der Waals surface area contributed by atoms with E-state index in [0.29, 0.717) is 11.8 Å². The molecule has 0 saturated heterocycles. The zero-order chi connectivity index (χ0) is 34.3. The van der Waals surface area contributed by atoms with Crippen molar-refractivity contribution in [3.8, 4) is 11.1 Å². The fraction of sp³-hybridized carbons (Fsp3) is 0.120. The van der Waals surface area contributed by atoms with E-state index < -0.39 is 0 Å². The molecule has 2 heteroatoms. The van der Waals surface area contributed by atoms with Crippen LogP contribution in [0.5, 0.6) is 0 Å². The number of para-hydroxylation sites is 1. The number of furan rings is 1. The zero-order valence-corrected chi connectivity index (χ0v) is 29.2. The van der Waals surface area contributed by atoms with E-state index in [-0.39, 0.29) is 5.41 Å². The van der Waals surface area contributed by atoms with Crippen LogP contribution in [0.1, 0.15) is 48.4 Å². The van der Waals surface area contributed by atoms with Crippen LogP contribution in [0.2, 0.25) is 0 Å². The monoisotopic (exact) mass is 665 g/mol. The molecule has 0 radical (unpaired) electrons. The highest BCUT2D eigenvalue weighted by Crippen LogP contribution is 2.57. The van der Waals surface area contributed by atoms with E-state index in [4.69, 9.17) is 4.42 Å². The minimum atomic E-state index is -0.156. The van der Waals surface area contributed by atoms with Gasteiger partial charge in [-0.2, -0.15) is 0 Å². The van der Waals surface area contributed by atoms with Crippen molar-refractivity contribution in [3.05, 3.63) is 168 Å². The lowest BCUT2D eigenvalue weighted by Gasteiger charge is -2.29. The predicted molar refractivity (Wildman–Crippen MR) is 218 cm³/mol. The molecule has 1 aromatic heterocycles. The van der Waals surface area contributed by atoms with Crippen LogP contribution in [0.3, 0.4) is 0 Å². The maximum Gasteiger partial charge on any atom is 0.143 e. The van der Waals surface area contributed by atoms with Gasteiger partial charge in [-0.05, 0) is 109 Å². The zero-order valence-electron chi connectivity index (χ0n) is 29.2. The van der Waals surface area contributed by atoms with Crippen molar-refractivity contribution in [1.82, 2.24) is 0 Å². The number of nitrogens with zero attached hydrogens (tertiary/aromatic N) is 1. The van der Waals surface area contributed by atoms with Crippen LogP contribution in [0.25, 0.3) is 71.5 Å². The lowest BCUT2D eigenvalue weighted by Crippen LogP contribution is -2.15. The molecule has 0 N–H and O–H groups in total. The molecule has 0 amide bonds. The van der Waals surface area contributed by atoms with Gasteiger partial charge >= 0.3 is 0 Å². The number of allylic oxidation sites excluding steroid dienone is 1. The molecule has 1 saturated carbocycles. The second-order valence-corrected chi connectivity index (χ2v) is 15.6. The van der Waals surface area contributed by atoms with Gasteiger partial charge in [-0.15, -0.1) is 0 Å². The Balaban J connectivity index is 1.14. The molecule has 2 atom stereocenters. The van der Waals surface area contributed by atoms with E-state index in [1.54, 1.807) is 0 Å². The molecule has 8 aromatic carbocycles. The van der Waals surface area contributed by atoms with Crippen LogP contribution in [0.4, 0.5) is 17.1 Å². The Morgan fingerprint density at radius 1 is 0.596 bits per heavy atom. The van der Waals surface area contributed by atoms with E-state index in [2.05, 4.69) is 170 Å². The van der Waals surface area contributed by atoms with Crippen LogP contribution < -0.4 is 4.90 Å². The van der Waals surface area contributed by atoms with Gasteiger partial charge in [-0.1, -0.05) is 129 Å². The van der Waals surface area contributed by atoms with Gasteiger partial charge in [0.05, 0.1) is 5.69 Å². The van der Waals surface area contributed by atoms with E-state index in [1.807, 2.05) is 0 Å². The van der Waals surface area contributed by atoms with E-state index in [1.165, 1.54) is 88.6 Å². The lowest BCUT2D eigenvalue weighted by atomic mass is 9.82. The summed E-state index contributed by atoms with van der Waals surface area (Å²) >= 11 is 0. The summed E-state index contributed by atoms with van der Waals surface area (Å²) in [5, 5.41) is 10.2. The smallest absolute Gasteiger partial charge is 0.143 e. The number of hydrogen-bond acceptors (Lipinski definition) is 2. The summed E-state index contributed by atoms with van der Waals surface area (Å²) in [4.78, 5) is 2.49. The molecule has 1 fully saturated rings. The number of benzene rings is 8. The van der Waals surface area contributed by atoms with Gasteiger partial charge in [0, 0.05) is 38.5 Å². The van der Waals surface area contributed by atoms with Gasteiger partial charge in [0.1, 0.15) is 11.2 Å². The van der Waals surface area contributed by atoms with Crippen LogP contribution in [0, 0.1) is 5.92 Å². The standard InChI is InChI=1S/C50H35NO/c1-50(2)43-24-20-32(28-42(43)48-44(50)25-23-39-36-15-7-8-17-46(36)52-49(39)48)51(45-16-9-11-29-10-3-4-12-33(29)45)31-19-22-38-41(27-31)35-14-6-5-13-34(35)37-21-18-30-26-40(30)47(37)38/h3-25,27-28,30,40H,26H2,1-2H3. The molecule has 2 unspecified atom stereocenters. The first-order chi connectivity index (χ1) is 25.5. The van der Waals surface area contributed by atoms with Crippen LogP contribution >= 0.6 is 0 Å². The summed E-state index contributed by atoms with van der Waals surface area (Å²) in [5.41, 5.74) is 13.3. The summed E-state index contributed by atoms with van der Waals surface area (Å²) in [5.74, 6) is 1.31. The van der Waals surface area contributed by atoms with Gasteiger partial charge in [-0.3, -0.25) is 0 Å². The van der Waals surface area contributed by atoms with Crippen LogP contribution in [-0.2, 0) is 5.41 Å². The van der Waals surface area contributed by atoms with Gasteiger partial charge in [0.15, 0.2) is 0 Å². The second kappa shape index (κ2) is 10.0. The molecule has 0 bridgehead atoms. The Morgan fingerprint density at radius 3 is 2.21 bits per heavy atom. The van der Waals surface area contributed by atoms with Crippen molar-refractivity contribution in [3.63, 3.8) is 0 Å². The maximum absolute atomic E-state index is 6.70. The number of fused-ring (bicyclic) bond motifs is 16. The highest BCUT2D eigenvalue weighted by Gasteiger charge is 2.41. The number of hydrogen-bond donors (Lipinski definition) is 0. The van der Waals surface area contributed by atoms with Crippen molar-refractivity contribution < 1.29 is 4.42 Å². The summed E-state index contributed by atoms with van der Waals surface area (Å²) in [6, 6.07) is 51.8. The third-order valence-electron chi connectivity index (χ3n) is 12.5.